The number of methoxy groups -OCH3 is 1. The highest BCUT2D eigenvalue weighted by atomic mass is 16.5. The highest BCUT2D eigenvalue weighted by molar-refractivity contribution is 6.24. The molecule has 0 fully saturated rings. The topological polar surface area (TPSA) is 93.7 Å². The zero-order valence-electron chi connectivity index (χ0n) is 14.7. The molecule has 0 aliphatic carbocycles. The van der Waals surface area contributed by atoms with E-state index in [1.54, 1.807) is 24.3 Å². The van der Waals surface area contributed by atoms with Crippen molar-refractivity contribution in [3.05, 3.63) is 54.6 Å². The van der Waals surface area contributed by atoms with Crippen LogP contribution in [0.5, 0.6) is 5.75 Å². The molecule has 0 atom stereocenters. The molecule has 0 unspecified atom stereocenters. The first kappa shape index (κ1) is 16.2. The van der Waals surface area contributed by atoms with Crippen LogP contribution in [0.2, 0.25) is 0 Å². The van der Waals surface area contributed by atoms with Gasteiger partial charge in [-0.2, -0.15) is 0 Å². The number of hydrogen-bond donors (Lipinski definition) is 2. The molecule has 28 heavy (non-hydrogen) atoms. The van der Waals surface area contributed by atoms with Gasteiger partial charge < -0.3 is 14.9 Å². The average molecular weight is 374 g/mol. The first-order chi connectivity index (χ1) is 13.5. The van der Waals surface area contributed by atoms with E-state index in [4.69, 9.17) is 4.74 Å². The maximum atomic E-state index is 12.1. The second-order valence-corrected chi connectivity index (χ2v) is 6.47. The van der Waals surface area contributed by atoms with Gasteiger partial charge in [0.05, 0.1) is 18.1 Å². The summed E-state index contributed by atoms with van der Waals surface area (Å²) in [6, 6.07) is 16.2. The van der Waals surface area contributed by atoms with Gasteiger partial charge in [0.15, 0.2) is 5.75 Å². The maximum absolute atomic E-state index is 12.1. The molecule has 0 spiro atoms. The molecule has 7 nitrogen and oxygen atoms in total. The Morgan fingerprint density at radius 3 is 1.57 bits per heavy atom. The first-order valence-electron chi connectivity index (χ1n) is 8.54. The van der Waals surface area contributed by atoms with Crippen LogP contribution in [0.15, 0.2) is 54.6 Å². The molecule has 0 amide bonds. The van der Waals surface area contributed by atoms with Gasteiger partial charge in [-0.25, -0.2) is 18.7 Å². The molecular formula is C21H14N2O5. The number of aromatic nitrogens is 2. The largest absolute Gasteiger partial charge is 0.492 e. The number of ether oxygens (including phenoxy) is 1. The summed E-state index contributed by atoms with van der Waals surface area (Å²) in [7, 11) is 1.42. The molecule has 2 aromatic heterocycles. The molecule has 0 saturated carbocycles. The van der Waals surface area contributed by atoms with Crippen LogP contribution in [-0.2, 0) is 0 Å². The Morgan fingerprint density at radius 2 is 1.18 bits per heavy atom. The lowest BCUT2D eigenvalue weighted by Gasteiger charge is -2.09. The van der Waals surface area contributed by atoms with Gasteiger partial charge in [0.1, 0.15) is 11.0 Å². The molecule has 3 aromatic carbocycles. The predicted octanol–water partition coefficient (Wildman–Crippen LogP) is 4.96. The van der Waals surface area contributed by atoms with Crippen LogP contribution >= 0.6 is 0 Å². The lowest BCUT2D eigenvalue weighted by Crippen LogP contribution is -2.10. The predicted molar refractivity (Wildman–Crippen MR) is 106 cm³/mol. The third kappa shape index (κ3) is 1.87. The van der Waals surface area contributed by atoms with E-state index in [1.165, 1.54) is 7.11 Å². The highest BCUT2D eigenvalue weighted by Gasteiger charge is 2.26. The third-order valence-electron chi connectivity index (χ3n) is 5.13. The summed E-state index contributed by atoms with van der Waals surface area (Å²) < 4.78 is 7.90. The molecule has 7 heteroatoms. The zero-order chi connectivity index (χ0) is 19.6. The van der Waals surface area contributed by atoms with Gasteiger partial charge in [-0.1, -0.05) is 36.4 Å². The summed E-state index contributed by atoms with van der Waals surface area (Å²) >= 11 is 0. The van der Waals surface area contributed by atoms with Crippen LogP contribution in [0.25, 0.3) is 43.6 Å². The Balaban J connectivity index is 2.18. The summed E-state index contributed by atoms with van der Waals surface area (Å²) in [6.07, 6.45) is -2.33. The third-order valence-corrected chi connectivity index (χ3v) is 5.13. The van der Waals surface area contributed by atoms with E-state index in [0.29, 0.717) is 32.8 Å². The van der Waals surface area contributed by atoms with E-state index < -0.39 is 12.2 Å². The van der Waals surface area contributed by atoms with Gasteiger partial charge in [-0.3, -0.25) is 0 Å². The molecule has 2 heterocycles. The van der Waals surface area contributed by atoms with Crippen LogP contribution in [0, 0.1) is 0 Å². The van der Waals surface area contributed by atoms with E-state index in [0.717, 1.165) is 19.9 Å². The number of carbonyl (C=O) groups is 2. The highest BCUT2D eigenvalue weighted by Crippen LogP contribution is 2.43. The fourth-order valence-corrected chi connectivity index (χ4v) is 4.12. The first-order valence-corrected chi connectivity index (χ1v) is 8.54. The minimum absolute atomic E-state index is 0.213. The number of benzene rings is 3. The molecule has 5 aromatic rings. The minimum Gasteiger partial charge on any atom is -0.492 e. The standard InChI is InChI=1S/C21H14N2O5/c1-28-19-17-13(11-6-2-4-8-15(11)22(17)20(24)25)10-14-12-7-3-5-9-16(12)23(18(14)19)21(26)27/h2-10H,1H3,(H,24,25)(H,26,27). The second kappa shape index (κ2) is 5.50. The number of para-hydroxylation sites is 2. The Bertz CT molecular complexity index is 1350. The van der Waals surface area contributed by atoms with Crippen molar-refractivity contribution in [2.45, 2.75) is 0 Å². The van der Waals surface area contributed by atoms with Crippen LogP contribution < -0.4 is 4.74 Å². The Labute approximate surface area is 157 Å². The fraction of sp³-hybridized carbons (Fsp3) is 0.0476. The molecule has 5 rings (SSSR count). The van der Waals surface area contributed by atoms with Crippen molar-refractivity contribution >= 4 is 55.8 Å². The second-order valence-electron chi connectivity index (χ2n) is 6.47. The van der Waals surface area contributed by atoms with Gasteiger partial charge >= 0.3 is 12.2 Å². The van der Waals surface area contributed by atoms with Crippen molar-refractivity contribution in [2.75, 3.05) is 7.11 Å². The zero-order valence-corrected chi connectivity index (χ0v) is 14.7. The molecule has 0 aliphatic heterocycles. The van der Waals surface area contributed by atoms with Gasteiger partial charge in [-0.05, 0) is 18.2 Å². The van der Waals surface area contributed by atoms with Crippen LogP contribution in [0.3, 0.4) is 0 Å². The van der Waals surface area contributed by atoms with Gasteiger partial charge in [-0.15, -0.1) is 0 Å². The SMILES string of the molecule is COc1c2c(cc3c4ccccc4n(C(=O)O)c13)c1ccccc1n2C(=O)O. The summed E-state index contributed by atoms with van der Waals surface area (Å²) in [5.74, 6) is 0.213. The monoisotopic (exact) mass is 374 g/mol. The van der Waals surface area contributed by atoms with Crippen LogP contribution in [-0.4, -0.2) is 38.6 Å². The number of fused-ring (bicyclic) bond motifs is 6. The van der Waals surface area contributed by atoms with E-state index in [1.807, 2.05) is 30.3 Å². The van der Waals surface area contributed by atoms with E-state index in [9.17, 15) is 19.8 Å². The van der Waals surface area contributed by atoms with Crippen molar-refractivity contribution in [1.29, 1.82) is 0 Å². The van der Waals surface area contributed by atoms with Gasteiger partial charge in [0, 0.05) is 21.5 Å². The van der Waals surface area contributed by atoms with E-state index >= 15 is 0 Å². The lowest BCUT2D eigenvalue weighted by molar-refractivity contribution is 0.197. The molecule has 0 saturated heterocycles. The molecule has 0 radical (unpaired) electrons. The van der Waals surface area contributed by atoms with E-state index in [2.05, 4.69) is 0 Å². The summed E-state index contributed by atoms with van der Waals surface area (Å²) in [4.78, 5) is 24.1. The van der Waals surface area contributed by atoms with Crippen molar-refractivity contribution in [1.82, 2.24) is 9.13 Å². The van der Waals surface area contributed by atoms with Gasteiger partial charge in [0.25, 0.3) is 0 Å². The normalized spacial score (nSPS) is 11.6. The van der Waals surface area contributed by atoms with Crippen LogP contribution in [0.1, 0.15) is 0 Å². The molecule has 0 aliphatic rings. The summed E-state index contributed by atoms with van der Waals surface area (Å²) in [5, 5.41) is 22.6. The quantitative estimate of drug-likeness (QED) is 0.432. The van der Waals surface area contributed by atoms with Crippen molar-refractivity contribution in [3.8, 4) is 5.75 Å². The van der Waals surface area contributed by atoms with Crippen LogP contribution in [0.4, 0.5) is 9.59 Å². The summed E-state index contributed by atoms with van der Waals surface area (Å²) in [6.45, 7) is 0. The Morgan fingerprint density at radius 1 is 0.750 bits per heavy atom. The molecule has 0 bridgehead atoms. The van der Waals surface area contributed by atoms with Crippen molar-refractivity contribution < 1.29 is 24.5 Å². The number of rotatable bonds is 1. The van der Waals surface area contributed by atoms with Gasteiger partial charge in [0.2, 0.25) is 0 Å². The Hall–Kier alpha value is -4.00. The maximum Gasteiger partial charge on any atom is 0.416 e. The number of carboxylic acid groups (broad SMARTS) is 2. The van der Waals surface area contributed by atoms with Crippen molar-refractivity contribution in [2.24, 2.45) is 0 Å². The van der Waals surface area contributed by atoms with Crippen molar-refractivity contribution in [3.63, 3.8) is 0 Å². The lowest BCUT2D eigenvalue weighted by atomic mass is 10.1. The number of nitrogens with zero attached hydrogens (tertiary/aromatic N) is 2. The molecule has 138 valence electrons. The van der Waals surface area contributed by atoms with E-state index in [-0.39, 0.29) is 5.75 Å². The molecule has 2 N–H and O–H groups in total. The average Bonchev–Trinajstić information content (AvgIpc) is 3.19. The minimum atomic E-state index is -1.16. The smallest absolute Gasteiger partial charge is 0.416 e. The molecular weight excluding hydrogens is 360 g/mol. The summed E-state index contributed by atoms with van der Waals surface area (Å²) in [5.41, 5.74) is 1.69. The number of hydrogen-bond acceptors (Lipinski definition) is 3. The fourth-order valence-electron chi connectivity index (χ4n) is 4.12. The Kier molecular flexibility index (Phi) is 3.18.